The molecular weight excluding hydrogens is 283 g/mol. The highest BCUT2D eigenvalue weighted by molar-refractivity contribution is 5.78. The van der Waals surface area contributed by atoms with Crippen molar-refractivity contribution in [2.24, 2.45) is 0 Å². The predicted molar refractivity (Wildman–Crippen MR) is 83.9 cm³/mol. The summed E-state index contributed by atoms with van der Waals surface area (Å²) in [5.41, 5.74) is 0.818. The van der Waals surface area contributed by atoms with Gasteiger partial charge in [0.1, 0.15) is 5.82 Å². The van der Waals surface area contributed by atoms with Crippen LogP contribution in [0.15, 0.2) is 24.3 Å². The third-order valence-corrected chi connectivity index (χ3v) is 3.85. The average molecular weight is 308 g/mol. The Bertz CT molecular complexity index is 499. The summed E-state index contributed by atoms with van der Waals surface area (Å²) in [7, 11) is 0. The van der Waals surface area contributed by atoms with Crippen molar-refractivity contribution in [1.29, 1.82) is 0 Å². The number of rotatable bonds is 5. The number of hydrogen-bond donors (Lipinski definition) is 0. The Morgan fingerprint density at radius 3 is 2.64 bits per heavy atom. The van der Waals surface area contributed by atoms with Crippen molar-refractivity contribution in [2.45, 2.75) is 39.5 Å². The van der Waals surface area contributed by atoms with Gasteiger partial charge in [-0.25, -0.2) is 4.39 Å². The Hall–Kier alpha value is -1.46. The molecule has 1 aromatic rings. The van der Waals surface area contributed by atoms with Gasteiger partial charge in [-0.2, -0.15) is 0 Å². The van der Waals surface area contributed by atoms with E-state index >= 15 is 0 Å². The lowest BCUT2D eigenvalue weighted by molar-refractivity contribution is -0.136. The Balaban J connectivity index is 1.94. The number of likely N-dealkylation sites (N-methyl/N-ethyl adjacent to an activating group) is 1. The van der Waals surface area contributed by atoms with Crippen LogP contribution in [0.1, 0.15) is 26.3 Å². The first kappa shape index (κ1) is 16.9. The molecule has 1 heterocycles. The number of morpholine rings is 1. The van der Waals surface area contributed by atoms with Crippen LogP contribution < -0.4 is 0 Å². The van der Waals surface area contributed by atoms with E-state index in [4.69, 9.17) is 4.74 Å². The molecule has 1 amide bonds. The number of ether oxygens (including phenoxy) is 1. The molecule has 1 aliphatic rings. The molecular formula is C17H25FN2O2. The van der Waals surface area contributed by atoms with Gasteiger partial charge in [-0.05, 0) is 38.5 Å². The topological polar surface area (TPSA) is 32.8 Å². The third kappa shape index (κ3) is 4.78. The van der Waals surface area contributed by atoms with Crippen LogP contribution in [-0.4, -0.2) is 54.1 Å². The van der Waals surface area contributed by atoms with Crippen LogP contribution in [0.2, 0.25) is 0 Å². The largest absolute Gasteiger partial charge is 0.373 e. The lowest BCUT2D eigenvalue weighted by Gasteiger charge is -2.35. The molecule has 22 heavy (non-hydrogen) atoms. The molecule has 1 aromatic carbocycles. The molecule has 2 rings (SSSR count). The molecule has 2 unspecified atom stereocenters. The summed E-state index contributed by atoms with van der Waals surface area (Å²) in [6.07, 6.45) is 0.296. The Kier molecular flexibility index (Phi) is 5.91. The minimum Gasteiger partial charge on any atom is -0.373 e. The van der Waals surface area contributed by atoms with Crippen molar-refractivity contribution in [3.63, 3.8) is 0 Å². The Morgan fingerprint density at radius 1 is 1.36 bits per heavy atom. The minimum absolute atomic E-state index is 0.0769. The van der Waals surface area contributed by atoms with Gasteiger partial charge in [0, 0.05) is 26.2 Å². The van der Waals surface area contributed by atoms with E-state index in [1.807, 2.05) is 26.8 Å². The number of carbonyl (C=O) groups excluding carboxylic acids is 1. The smallest absolute Gasteiger partial charge is 0.237 e. The second-order valence-corrected chi connectivity index (χ2v) is 5.99. The molecule has 0 radical (unpaired) electrons. The van der Waals surface area contributed by atoms with Gasteiger partial charge >= 0.3 is 0 Å². The van der Waals surface area contributed by atoms with Crippen molar-refractivity contribution >= 4 is 5.91 Å². The summed E-state index contributed by atoms with van der Waals surface area (Å²) in [6, 6.07) is 6.42. The summed E-state index contributed by atoms with van der Waals surface area (Å²) in [6.45, 7) is 8.99. The second-order valence-electron chi connectivity index (χ2n) is 5.99. The van der Waals surface area contributed by atoms with Crippen LogP contribution >= 0.6 is 0 Å². The van der Waals surface area contributed by atoms with Crippen molar-refractivity contribution in [3.05, 3.63) is 35.6 Å². The fourth-order valence-corrected chi connectivity index (χ4v) is 2.94. The molecule has 1 fully saturated rings. The van der Waals surface area contributed by atoms with Gasteiger partial charge in [0.25, 0.3) is 0 Å². The first-order chi connectivity index (χ1) is 10.5. The van der Waals surface area contributed by atoms with Gasteiger partial charge in [0.2, 0.25) is 5.91 Å². The highest BCUT2D eigenvalue weighted by atomic mass is 19.1. The number of benzene rings is 1. The zero-order chi connectivity index (χ0) is 16.1. The van der Waals surface area contributed by atoms with E-state index < -0.39 is 0 Å². The molecule has 0 bridgehead atoms. The van der Waals surface area contributed by atoms with Crippen molar-refractivity contribution in [1.82, 2.24) is 9.80 Å². The van der Waals surface area contributed by atoms with Crippen molar-refractivity contribution < 1.29 is 13.9 Å². The van der Waals surface area contributed by atoms with Gasteiger partial charge < -0.3 is 9.64 Å². The van der Waals surface area contributed by atoms with E-state index in [9.17, 15) is 9.18 Å². The number of hydrogen-bond acceptors (Lipinski definition) is 3. The highest BCUT2D eigenvalue weighted by Gasteiger charge is 2.25. The van der Waals surface area contributed by atoms with Crippen LogP contribution in [0.25, 0.3) is 0 Å². The number of amides is 1. The van der Waals surface area contributed by atoms with Gasteiger partial charge in [-0.15, -0.1) is 0 Å². The molecule has 1 saturated heterocycles. The van der Waals surface area contributed by atoms with Crippen LogP contribution in [0.4, 0.5) is 4.39 Å². The van der Waals surface area contributed by atoms with Crippen LogP contribution in [0, 0.1) is 5.82 Å². The fraction of sp³-hybridized carbons (Fsp3) is 0.588. The minimum atomic E-state index is -0.267. The highest BCUT2D eigenvalue weighted by Crippen LogP contribution is 2.12. The van der Waals surface area contributed by atoms with E-state index in [1.54, 1.807) is 11.0 Å². The molecule has 0 N–H and O–H groups in total. The summed E-state index contributed by atoms with van der Waals surface area (Å²) in [5.74, 6) is -0.190. The average Bonchev–Trinajstić information content (AvgIpc) is 2.43. The zero-order valence-corrected chi connectivity index (χ0v) is 13.6. The summed E-state index contributed by atoms with van der Waals surface area (Å²) >= 11 is 0. The van der Waals surface area contributed by atoms with Crippen LogP contribution in [-0.2, 0) is 16.1 Å². The second kappa shape index (κ2) is 7.70. The van der Waals surface area contributed by atoms with E-state index in [-0.39, 0.29) is 23.9 Å². The maximum Gasteiger partial charge on any atom is 0.237 e. The monoisotopic (exact) mass is 308 g/mol. The van der Waals surface area contributed by atoms with E-state index in [0.29, 0.717) is 19.6 Å². The van der Waals surface area contributed by atoms with E-state index in [0.717, 1.165) is 18.7 Å². The van der Waals surface area contributed by atoms with Crippen LogP contribution in [0.3, 0.4) is 0 Å². The molecule has 4 nitrogen and oxygen atoms in total. The molecule has 0 aromatic heterocycles. The first-order valence-electron chi connectivity index (χ1n) is 7.88. The van der Waals surface area contributed by atoms with Gasteiger partial charge in [0.15, 0.2) is 0 Å². The Labute approximate surface area is 131 Å². The lowest BCUT2D eigenvalue weighted by Crippen LogP contribution is -2.49. The van der Waals surface area contributed by atoms with Crippen molar-refractivity contribution in [2.75, 3.05) is 26.2 Å². The number of nitrogens with zero attached hydrogens (tertiary/aromatic N) is 2. The third-order valence-electron chi connectivity index (χ3n) is 3.85. The molecule has 122 valence electrons. The van der Waals surface area contributed by atoms with Crippen LogP contribution in [0.5, 0.6) is 0 Å². The van der Waals surface area contributed by atoms with Gasteiger partial charge in [-0.1, -0.05) is 12.1 Å². The lowest BCUT2D eigenvalue weighted by atomic mass is 10.2. The normalized spacial score (nSPS) is 22.5. The molecule has 1 aliphatic heterocycles. The number of carbonyl (C=O) groups is 1. The van der Waals surface area contributed by atoms with Gasteiger partial charge in [-0.3, -0.25) is 9.69 Å². The van der Waals surface area contributed by atoms with E-state index in [1.165, 1.54) is 12.1 Å². The molecule has 5 heteroatoms. The standard InChI is InChI=1S/C17H25FN2O2/c1-4-20(11-15-6-5-7-16(18)8-15)17(21)12-19-9-13(2)22-14(3)10-19/h5-8,13-14H,4,9-12H2,1-3H3. The first-order valence-corrected chi connectivity index (χ1v) is 7.88. The molecule has 2 atom stereocenters. The Morgan fingerprint density at radius 2 is 2.05 bits per heavy atom. The quantitative estimate of drug-likeness (QED) is 0.836. The maximum atomic E-state index is 13.3. The fourth-order valence-electron chi connectivity index (χ4n) is 2.94. The molecule has 0 aliphatic carbocycles. The maximum absolute atomic E-state index is 13.3. The molecule has 0 spiro atoms. The van der Waals surface area contributed by atoms with Crippen molar-refractivity contribution in [3.8, 4) is 0 Å². The number of halogens is 1. The summed E-state index contributed by atoms with van der Waals surface area (Å²) < 4.78 is 18.9. The van der Waals surface area contributed by atoms with Gasteiger partial charge in [0.05, 0.1) is 18.8 Å². The molecule has 0 saturated carbocycles. The summed E-state index contributed by atoms with van der Waals surface area (Å²) in [5, 5.41) is 0. The zero-order valence-electron chi connectivity index (χ0n) is 13.6. The summed E-state index contributed by atoms with van der Waals surface area (Å²) in [4.78, 5) is 16.4. The van der Waals surface area contributed by atoms with E-state index in [2.05, 4.69) is 4.90 Å². The predicted octanol–water partition coefficient (Wildman–Crippen LogP) is 2.28. The SMILES string of the molecule is CCN(Cc1cccc(F)c1)C(=O)CN1CC(C)OC(C)C1.